The maximum Gasteiger partial charge on any atom is 0.250 e. The van der Waals surface area contributed by atoms with Crippen molar-refractivity contribution in [3.05, 3.63) is 65.9 Å². The van der Waals surface area contributed by atoms with Crippen LogP contribution in [0, 0.1) is 0 Å². The lowest BCUT2D eigenvalue weighted by Gasteiger charge is -2.38. The average Bonchev–Trinajstić information content (AvgIpc) is 2.81. The summed E-state index contributed by atoms with van der Waals surface area (Å²) in [5.41, 5.74) is 4.24. The molecule has 2 aromatic carbocycles. The first-order chi connectivity index (χ1) is 11.1. The zero-order valence-corrected chi connectivity index (χ0v) is 16.2. The minimum Gasteiger partial charge on any atom is -0.546 e. The summed E-state index contributed by atoms with van der Waals surface area (Å²) in [6, 6.07) is 13.9. The largest absolute Gasteiger partial charge is 0.546 e. The SMILES string of the molecule is C=C(O[Si](C)(C)C(C)(C)C)C1c2ccccc2-c2c(O)cccc21. The van der Waals surface area contributed by atoms with E-state index in [1.807, 2.05) is 18.2 Å². The summed E-state index contributed by atoms with van der Waals surface area (Å²) in [6.45, 7) is 15.5. The fourth-order valence-corrected chi connectivity index (χ4v) is 4.20. The number of aromatic hydroxyl groups is 1. The Bertz CT molecular complexity index is 800. The van der Waals surface area contributed by atoms with Crippen LogP contribution < -0.4 is 0 Å². The summed E-state index contributed by atoms with van der Waals surface area (Å²) in [5.74, 6) is 1.10. The number of hydrogen-bond donors (Lipinski definition) is 1. The molecular weight excluding hydrogens is 312 g/mol. The normalized spacial score (nSPS) is 16.5. The van der Waals surface area contributed by atoms with Crippen molar-refractivity contribution >= 4 is 8.32 Å². The van der Waals surface area contributed by atoms with E-state index in [1.165, 1.54) is 0 Å². The molecule has 0 fully saturated rings. The van der Waals surface area contributed by atoms with E-state index >= 15 is 0 Å². The highest BCUT2D eigenvalue weighted by Gasteiger charge is 2.42. The summed E-state index contributed by atoms with van der Waals surface area (Å²) in [4.78, 5) is 0. The van der Waals surface area contributed by atoms with Crippen molar-refractivity contribution in [2.45, 2.75) is 44.8 Å². The minimum absolute atomic E-state index is 0.0163. The van der Waals surface area contributed by atoms with E-state index in [4.69, 9.17) is 4.43 Å². The van der Waals surface area contributed by atoms with Crippen molar-refractivity contribution in [3.63, 3.8) is 0 Å². The van der Waals surface area contributed by atoms with Crippen LogP contribution in [-0.2, 0) is 4.43 Å². The van der Waals surface area contributed by atoms with Gasteiger partial charge >= 0.3 is 0 Å². The summed E-state index contributed by atoms with van der Waals surface area (Å²) in [5, 5.41) is 10.5. The van der Waals surface area contributed by atoms with Crippen LogP contribution in [0.5, 0.6) is 5.75 Å². The van der Waals surface area contributed by atoms with Gasteiger partial charge in [0.15, 0.2) is 0 Å². The van der Waals surface area contributed by atoms with Gasteiger partial charge in [-0.1, -0.05) is 63.7 Å². The molecule has 0 amide bonds. The van der Waals surface area contributed by atoms with Gasteiger partial charge in [-0.15, -0.1) is 0 Å². The minimum atomic E-state index is -1.95. The number of hydrogen-bond acceptors (Lipinski definition) is 2. The van der Waals surface area contributed by atoms with E-state index in [1.54, 1.807) is 6.07 Å². The molecule has 1 atom stereocenters. The van der Waals surface area contributed by atoms with E-state index < -0.39 is 8.32 Å². The predicted molar refractivity (Wildman–Crippen MR) is 103 cm³/mol. The van der Waals surface area contributed by atoms with Crippen molar-refractivity contribution in [2.75, 3.05) is 0 Å². The van der Waals surface area contributed by atoms with Crippen molar-refractivity contribution in [1.82, 2.24) is 0 Å². The Morgan fingerprint density at radius 2 is 1.67 bits per heavy atom. The third kappa shape index (κ3) is 2.57. The lowest BCUT2D eigenvalue weighted by Crippen LogP contribution is -2.40. The molecule has 0 saturated heterocycles. The van der Waals surface area contributed by atoms with Crippen LogP contribution in [0.3, 0.4) is 0 Å². The van der Waals surface area contributed by atoms with Crippen LogP contribution in [0.25, 0.3) is 11.1 Å². The molecule has 0 saturated carbocycles. The molecular formula is C21H26O2Si. The summed E-state index contributed by atoms with van der Waals surface area (Å²) >= 11 is 0. The van der Waals surface area contributed by atoms with Gasteiger partial charge in [-0.05, 0) is 40.9 Å². The molecule has 0 heterocycles. The smallest absolute Gasteiger partial charge is 0.250 e. The zero-order chi connectivity index (χ0) is 17.7. The Labute approximate surface area is 145 Å². The van der Waals surface area contributed by atoms with Gasteiger partial charge < -0.3 is 9.53 Å². The second kappa shape index (κ2) is 5.52. The quantitative estimate of drug-likeness (QED) is 0.546. The Kier molecular flexibility index (Phi) is 3.87. The van der Waals surface area contributed by atoms with Crippen LogP contribution in [-0.4, -0.2) is 13.4 Å². The molecule has 0 spiro atoms. The maximum absolute atomic E-state index is 10.4. The molecule has 2 nitrogen and oxygen atoms in total. The average molecular weight is 339 g/mol. The van der Waals surface area contributed by atoms with Crippen LogP contribution in [0.1, 0.15) is 37.8 Å². The van der Waals surface area contributed by atoms with Gasteiger partial charge in [0.25, 0.3) is 0 Å². The van der Waals surface area contributed by atoms with Crippen molar-refractivity contribution < 1.29 is 9.53 Å². The highest BCUT2D eigenvalue weighted by atomic mass is 28.4. The van der Waals surface area contributed by atoms with Gasteiger partial charge in [-0.3, -0.25) is 0 Å². The van der Waals surface area contributed by atoms with E-state index in [2.05, 4.69) is 58.6 Å². The number of phenolic OH excluding ortho intramolecular Hbond substituents is 1. The first-order valence-corrected chi connectivity index (χ1v) is 11.3. The molecule has 126 valence electrons. The van der Waals surface area contributed by atoms with Gasteiger partial charge in [-0.25, -0.2) is 0 Å². The number of allylic oxidation sites excluding steroid dienone is 1. The van der Waals surface area contributed by atoms with E-state index in [0.29, 0.717) is 5.75 Å². The summed E-state index contributed by atoms with van der Waals surface area (Å²) in [6.07, 6.45) is 0. The lowest BCUT2D eigenvalue weighted by molar-refractivity contribution is 0.365. The van der Waals surface area contributed by atoms with E-state index in [-0.39, 0.29) is 11.0 Å². The van der Waals surface area contributed by atoms with Crippen LogP contribution in [0.2, 0.25) is 18.1 Å². The second-order valence-electron chi connectivity index (χ2n) is 8.09. The molecule has 2 aromatic rings. The first-order valence-electron chi connectivity index (χ1n) is 8.42. The molecule has 24 heavy (non-hydrogen) atoms. The molecule has 0 radical (unpaired) electrons. The lowest BCUT2D eigenvalue weighted by atomic mass is 9.95. The van der Waals surface area contributed by atoms with Gasteiger partial charge in [-0.2, -0.15) is 0 Å². The zero-order valence-electron chi connectivity index (χ0n) is 15.2. The Morgan fingerprint density at radius 3 is 2.33 bits per heavy atom. The Morgan fingerprint density at radius 1 is 1.04 bits per heavy atom. The molecule has 3 rings (SSSR count). The third-order valence-electron chi connectivity index (χ3n) is 5.44. The fraction of sp³-hybridized carbons (Fsp3) is 0.333. The molecule has 3 heteroatoms. The number of fused-ring (bicyclic) bond motifs is 3. The molecule has 1 aliphatic carbocycles. The standard InChI is InChI=1S/C21H26O2Si/c1-14(23-24(5,6)21(2,3)4)19-15-10-7-8-11-16(15)20-17(19)12-9-13-18(20)22/h7-13,19,22H,1H2,2-6H3. The van der Waals surface area contributed by atoms with Crippen molar-refractivity contribution in [1.29, 1.82) is 0 Å². The van der Waals surface area contributed by atoms with Crippen LogP contribution in [0.4, 0.5) is 0 Å². The molecule has 1 aliphatic rings. The highest BCUT2D eigenvalue weighted by Crippen LogP contribution is 2.52. The van der Waals surface area contributed by atoms with Gasteiger partial charge in [0.05, 0.1) is 11.7 Å². The monoisotopic (exact) mass is 338 g/mol. The van der Waals surface area contributed by atoms with Crippen LogP contribution in [0.15, 0.2) is 54.8 Å². The number of rotatable bonds is 3. The summed E-state index contributed by atoms with van der Waals surface area (Å²) < 4.78 is 6.50. The topological polar surface area (TPSA) is 29.5 Å². The summed E-state index contributed by atoms with van der Waals surface area (Å²) in [7, 11) is -1.95. The Hall–Kier alpha value is -2.00. The number of benzene rings is 2. The van der Waals surface area contributed by atoms with E-state index in [0.717, 1.165) is 28.0 Å². The van der Waals surface area contributed by atoms with Gasteiger partial charge in [0.1, 0.15) is 5.75 Å². The molecule has 0 bridgehead atoms. The second-order valence-corrected chi connectivity index (χ2v) is 12.8. The van der Waals surface area contributed by atoms with Crippen LogP contribution >= 0.6 is 0 Å². The van der Waals surface area contributed by atoms with E-state index in [9.17, 15) is 5.11 Å². The molecule has 0 aliphatic heterocycles. The van der Waals surface area contributed by atoms with Gasteiger partial charge in [0.2, 0.25) is 8.32 Å². The predicted octanol–water partition coefficient (Wildman–Crippen LogP) is 6.04. The third-order valence-corrected chi connectivity index (χ3v) is 9.83. The first kappa shape index (κ1) is 16.8. The highest BCUT2D eigenvalue weighted by molar-refractivity contribution is 6.74. The molecule has 1 N–H and O–H groups in total. The van der Waals surface area contributed by atoms with Crippen molar-refractivity contribution in [2.24, 2.45) is 0 Å². The fourth-order valence-electron chi connectivity index (χ4n) is 3.12. The maximum atomic E-state index is 10.4. The Balaban J connectivity index is 2.07. The van der Waals surface area contributed by atoms with Crippen molar-refractivity contribution in [3.8, 4) is 16.9 Å². The molecule has 1 unspecified atom stereocenters. The number of phenols is 1. The van der Waals surface area contributed by atoms with Gasteiger partial charge in [0, 0.05) is 5.56 Å². The molecule has 0 aromatic heterocycles.